The molecule has 0 aromatic heterocycles. The lowest BCUT2D eigenvalue weighted by molar-refractivity contribution is -0.143. The minimum absolute atomic E-state index is 0.0691. The van der Waals surface area contributed by atoms with Gasteiger partial charge in [0.25, 0.3) is 0 Å². The maximum Gasteiger partial charge on any atom is 0.307 e. The van der Waals surface area contributed by atoms with Crippen LogP contribution in [0.5, 0.6) is 17.2 Å². The Balaban J connectivity index is 3.08. The van der Waals surface area contributed by atoms with Crippen LogP contribution in [0, 0.1) is 0 Å². The molecule has 0 saturated heterocycles. The Morgan fingerprint density at radius 3 is 2.30 bits per heavy atom. The number of rotatable bonds is 7. The minimum atomic E-state index is -0.538. The van der Waals surface area contributed by atoms with Crippen LogP contribution >= 0.6 is 0 Å². The molecule has 0 fully saturated rings. The first-order chi connectivity index (χ1) is 9.58. The quantitative estimate of drug-likeness (QED) is 0.767. The fraction of sp³-hybridized carbons (Fsp3) is 0.500. The summed E-state index contributed by atoms with van der Waals surface area (Å²) in [5.74, 6) is 1.10. The van der Waals surface area contributed by atoms with Crippen LogP contribution in [0.25, 0.3) is 0 Å². The first-order valence-corrected chi connectivity index (χ1v) is 6.29. The molecule has 20 heavy (non-hydrogen) atoms. The summed E-state index contributed by atoms with van der Waals surface area (Å²) in [5, 5.41) is 0. The zero-order valence-corrected chi connectivity index (χ0v) is 12.3. The number of esters is 1. The molecular formula is C14H21NO5. The number of ether oxygens (including phenoxy) is 4. The fourth-order valence-electron chi connectivity index (χ4n) is 1.93. The molecule has 0 aliphatic rings. The Kier molecular flexibility index (Phi) is 6.11. The van der Waals surface area contributed by atoms with Gasteiger partial charge in [-0.15, -0.1) is 0 Å². The third-order valence-electron chi connectivity index (χ3n) is 2.83. The molecule has 0 unspecified atom stereocenters. The van der Waals surface area contributed by atoms with Crippen molar-refractivity contribution in [3.8, 4) is 17.2 Å². The minimum Gasteiger partial charge on any atom is -0.493 e. The predicted octanol–water partition coefficient (Wildman–Crippen LogP) is 1.67. The van der Waals surface area contributed by atoms with Gasteiger partial charge in [-0.3, -0.25) is 4.79 Å². The van der Waals surface area contributed by atoms with Crippen LogP contribution in [-0.4, -0.2) is 33.9 Å². The Labute approximate surface area is 118 Å². The number of carbonyl (C=O) groups excluding carboxylic acids is 1. The van der Waals surface area contributed by atoms with Gasteiger partial charge in [0.05, 0.1) is 34.4 Å². The zero-order chi connectivity index (χ0) is 15.1. The van der Waals surface area contributed by atoms with Crippen molar-refractivity contribution >= 4 is 5.97 Å². The van der Waals surface area contributed by atoms with Crippen LogP contribution < -0.4 is 19.9 Å². The van der Waals surface area contributed by atoms with Crippen LogP contribution in [0.3, 0.4) is 0 Å². The Morgan fingerprint density at radius 1 is 1.15 bits per heavy atom. The highest BCUT2D eigenvalue weighted by atomic mass is 16.5. The maximum atomic E-state index is 11.5. The number of hydrogen-bond acceptors (Lipinski definition) is 6. The first-order valence-electron chi connectivity index (χ1n) is 6.29. The Bertz CT molecular complexity index is 461. The summed E-state index contributed by atoms with van der Waals surface area (Å²) < 4.78 is 20.7. The van der Waals surface area contributed by atoms with Gasteiger partial charge in [-0.05, 0) is 19.1 Å². The third kappa shape index (κ3) is 3.54. The van der Waals surface area contributed by atoms with E-state index in [0.717, 1.165) is 0 Å². The molecule has 2 N–H and O–H groups in total. The van der Waals surface area contributed by atoms with Crippen molar-refractivity contribution < 1.29 is 23.7 Å². The van der Waals surface area contributed by atoms with Gasteiger partial charge in [0.1, 0.15) is 0 Å². The summed E-state index contributed by atoms with van der Waals surface area (Å²) in [6.07, 6.45) is 0.0691. The predicted molar refractivity (Wildman–Crippen MR) is 74.3 cm³/mol. The van der Waals surface area contributed by atoms with Crippen LogP contribution in [0.4, 0.5) is 0 Å². The van der Waals surface area contributed by atoms with Gasteiger partial charge in [-0.2, -0.15) is 0 Å². The second kappa shape index (κ2) is 7.59. The van der Waals surface area contributed by atoms with E-state index in [1.807, 2.05) is 0 Å². The van der Waals surface area contributed by atoms with Gasteiger partial charge in [-0.1, -0.05) is 0 Å². The number of carbonyl (C=O) groups is 1. The smallest absolute Gasteiger partial charge is 0.307 e. The van der Waals surface area contributed by atoms with E-state index in [1.54, 1.807) is 19.1 Å². The van der Waals surface area contributed by atoms with E-state index in [9.17, 15) is 4.79 Å². The second-order valence-electron chi connectivity index (χ2n) is 4.04. The number of nitrogens with two attached hydrogens (primary N) is 1. The fourth-order valence-corrected chi connectivity index (χ4v) is 1.93. The highest BCUT2D eigenvalue weighted by Gasteiger charge is 2.22. The van der Waals surface area contributed by atoms with Gasteiger partial charge in [0.15, 0.2) is 11.5 Å². The average molecular weight is 283 g/mol. The molecule has 0 aliphatic carbocycles. The topological polar surface area (TPSA) is 80.0 Å². The largest absolute Gasteiger partial charge is 0.493 e. The number of hydrogen-bond donors (Lipinski definition) is 1. The van der Waals surface area contributed by atoms with Crippen LogP contribution in [-0.2, 0) is 9.53 Å². The lowest BCUT2D eigenvalue weighted by Crippen LogP contribution is -2.18. The summed E-state index contributed by atoms with van der Waals surface area (Å²) in [5.41, 5.74) is 6.71. The van der Waals surface area contributed by atoms with Crippen molar-refractivity contribution in [1.82, 2.24) is 0 Å². The Morgan fingerprint density at radius 2 is 1.80 bits per heavy atom. The Hall–Kier alpha value is -1.95. The van der Waals surface area contributed by atoms with Crippen molar-refractivity contribution in [3.63, 3.8) is 0 Å². The number of benzene rings is 1. The molecular weight excluding hydrogens is 262 g/mol. The van der Waals surface area contributed by atoms with Crippen LogP contribution in [0.15, 0.2) is 12.1 Å². The molecule has 0 heterocycles. The van der Waals surface area contributed by atoms with E-state index in [2.05, 4.69) is 0 Å². The molecule has 0 aliphatic heterocycles. The molecule has 6 nitrogen and oxygen atoms in total. The number of methoxy groups -OCH3 is 3. The van der Waals surface area contributed by atoms with Crippen molar-refractivity contribution in [2.45, 2.75) is 19.4 Å². The maximum absolute atomic E-state index is 11.5. The average Bonchev–Trinajstić information content (AvgIpc) is 2.45. The first kappa shape index (κ1) is 16.1. The summed E-state index contributed by atoms with van der Waals surface area (Å²) in [4.78, 5) is 11.5. The molecule has 112 valence electrons. The molecule has 1 rings (SSSR count). The molecule has 1 aromatic rings. The normalized spacial score (nSPS) is 11.7. The van der Waals surface area contributed by atoms with E-state index in [-0.39, 0.29) is 12.4 Å². The summed E-state index contributed by atoms with van der Waals surface area (Å²) in [6.45, 7) is 2.08. The van der Waals surface area contributed by atoms with Gasteiger partial charge >= 0.3 is 5.97 Å². The lowest BCUT2D eigenvalue weighted by atomic mass is 10.0. The van der Waals surface area contributed by atoms with E-state index >= 15 is 0 Å². The van der Waals surface area contributed by atoms with Gasteiger partial charge < -0.3 is 24.7 Å². The summed E-state index contributed by atoms with van der Waals surface area (Å²) >= 11 is 0. The molecule has 1 atom stereocenters. The molecule has 0 bridgehead atoms. The monoisotopic (exact) mass is 283 g/mol. The second-order valence-corrected chi connectivity index (χ2v) is 4.04. The van der Waals surface area contributed by atoms with Gasteiger partial charge in [0, 0.05) is 11.6 Å². The molecule has 0 saturated carbocycles. The van der Waals surface area contributed by atoms with Crippen molar-refractivity contribution in [2.75, 3.05) is 27.9 Å². The molecule has 0 spiro atoms. The molecule has 6 heteroatoms. The van der Waals surface area contributed by atoms with Crippen molar-refractivity contribution in [2.24, 2.45) is 5.73 Å². The van der Waals surface area contributed by atoms with E-state index in [1.165, 1.54) is 21.3 Å². The lowest BCUT2D eigenvalue weighted by Gasteiger charge is -2.19. The van der Waals surface area contributed by atoms with Crippen LogP contribution in [0.1, 0.15) is 24.9 Å². The van der Waals surface area contributed by atoms with Gasteiger partial charge in [0.2, 0.25) is 5.75 Å². The third-order valence-corrected chi connectivity index (χ3v) is 2.83. The highest BCUT2D eigenvalue weighted by Crippen LogP contribution is 2.42. The van der Waals surface area contributed by atoms with E-state index in [4.69, 9.17) is 24.7 Å². The van der Waals surface area contributed by atoms with E-state index < -0.39 is 6.04 Å². The van der Waals surface area contributed by atoms with Crippen molar-refractivity contribution in [3.05, 3.63) is 17.7 Å². The highest BCUT2D eigenvalue weighted by molar-refractivity contribution is 5.71. The van der Waals surface area contributed by atoms with E-state index in [0.29, 0.717) is 29.4 Å². The van der Waals surface area contributed by atoms with Crippen molar-refractivity contribution in [1.29, 1.82) is 0 Å². The standard InChI is InChI=1S/C14H21NO5/c1-5-20-12(16)8-10(15)9-6-7-11(17-2)14(19-4)13(9)18-3/h6-7,10H,5,8,15H2,1-4H3/t10-/m1/s1. The SMILES string of the molecule is CCOC(=O)C[C@@H](N)c1ccc(OC)c(OC)c1OC. The summed E-state index contributed by atoms with van der Waals surface area (Å²) in [6, 6.07) is 2.94. The van der Waals surface area contributed by atoms with Gasteiger partial charge in [-0.25, -0.2) is 0 Å². The molecule has 0 radical (unpaired) electrons. The molecule has 1 aromatic carbocycles. The zero-order valence-electron chi connectivity index (χ0n) is 12.3. The van der Waals surface area contributed by atoms with Crippen LogP contribution in [0.2, 0.25) is 0 Å². The summed E-state index contributed by atoms with van der Waals surface area (Å²) in [7, 11) is 4.56. The molecule has 0 amide bonds.